The van der Waals surface area contributed by atoms with Crippen molar-refractivity contribution in [3.05, 3.63) is 12.2 Å². The molecule has 2 nitrogen and oxygen atoms in total. The lowest BCUT2D eigenvalue weighted by Crippen LogP contribution is -2.30. The predicted octanol–water partition coefficient (Wildman–Crippen LogP) is 3.39. The van der Waals surface area contributed by atoms with E-state index in [1.807, 2.05) is 6.92 Å². The van der Waals surface area contributed by atoms with Gasteiger partial charge in [-0.3, -0.25) is 0 Å². The molecule has 0 heterocycles. The monoisotopic (exact) mass is 227 g/mol. The average Bonchev–Trinajstić information content (AvgIpc) is 2.26. The molecule has 2 atom stereocenters. The third-order valence-electron chi connectivity index (χ3n) is 2.88. The highest BCUT2D eigenvalue weighted by Crippen LogP contribution is 2.07. The third-order valence-corrected chi connectivity index (χ3v) is 2.88. The third kappa shape index (κ3) is 10.2. The van der Waals surface area contributed by atoms with Crippen LogP contribution in [0.2, 0.25) is 0 Å². The van der Waals surface area contributed by atoms with Gasteiger partial charge in [-0.05, 0) is 26.2 Å². The van der Waals surface area contributed by atoms with Crippen LogP contribution in [0.5, 0.6) is 0 Å². The minimum Gasteiger partial charge on any atom is -0.391 e. The standard InChI is InChI=1S/C14H29NO/c1-3-4-5-6-7-8-9-10-11-12-14(16)13(2)15/h10-11,13-14,16H,3-9,12,15H2,1-2H3/b11-10-/t13-,14+/m0/s1. The second-order valence-electron chi connectivity index (χ2n) is 4.69. The molecule has 0 unspecified atom stereocenters. The average molecular weight is 227 g/mol. The largest absolute Gasteiger partial charge is 0.391 e. The van der Waals surface area contributed by atoms with E-state index in [9.17, 15) is 5.11 Å². The van der Waals surface area contributed by atoms with Gasteiger partial charge in [-0.1, -0.05) is 51.2 Å². The fraction of sp³-hybridized carbons (Fsp3) is 0.857. The molecular weight excluding hydrogens is 198 g/mol. The number of hydrogen-bond acceptors (Lipinski definition) is 2. The molecule has 0 radical (unpaired) electrons. The fourth-order valence-electron chi connectivity index (χ4n) is 1.61. The van der Waals surface area contributed by atoms with Crippen molar-refractivity contribution in [2.75, 3.05) is 0 Å². The number of hydrogen-bond donors (Lipinski definition) is 2. The number of aliphatic hydroxyl groups is 1. The van der Waals surface area contributed by atoms with Crippen molar-refractivity contribution in [2.24, 2.45) is 5.73 Å². The maximum Gasteiger partial charge on any atom is 0.0722 e. The van der Waals surface area contributed by atoms with E-state index in [2.05, 4.69) is 19.1 Å². The number of nitrogens with two attached hydrogens (primary N) is 1. The van der Waals surface area contributed by atoms with Crippen LogP contribution in [0.1, 0.15) is 65.2 Å². The summed E-state index contributed by atoms with van der Waals surface area (Å²) in [6, 6.07) is -0.126. The van der Waals surface area contributed by atoms with Gasteiger partial charge in [0.1, 0.15) is 0 Å². The minimum absolute atomic E-state index is 0.126. The molecule has 0 bridgehead atoms. The van der Waals surface area contributed by atoms with Gasteiger partial charge in [-0.15, -0.1) is 0 Å². The summed E-state index contributed by atoms with van der Waals surface area (Å²) in [5.41, 5.74) is 5.56. The van der Waals surface area contributed by atoms with Crippen molar-refractivity contribution in [2.45, 2.75) is 77.4 Å². The van der Waals surface area contributed by atoms with Gasteiger partial charge in [0.05, 0.1) is 6.10 Å². The van der Waals surface area contributed by atoms with E-state index in [4.69, 9.17) is 5.73 Å². The van der Waals surface area contributed by atoms with Crippen molar-refractivity contribution < 1.29 is 5.11 Å². The van der Waals surface area contributed by atoms with Crippen molar-refractivity contribution in [3.63, 3.8) is 0 Å². The molecule has 0 aromatic rings. The van der Waals surface area contributed by atoms with E-state index in [1.165, 1.54) is 38.5 Å². The van der Waals surface area contributed by atoms with Crippen LogP contribution in [0.4, 0.5) is 0 Å². The quantitative estimate of drug-likeness (QED) is 0.444. The SMILES string of the molecule is CCCCCCCC/C=C\C[C@@H](O)[C@H](C)N. The Balaban J connectivity index is 3.21. The Bertz CT molecular complexity index is 166. The maximum atomic E-state index is 9.45. The molecule has 3 N–H and O–H groups in total. The second kappa shape index (κ2) is 11.2. The van der Waals surface area contributed by atoms with Crippen molar-refractivity contribution in [1.82, 2.24) is 0 Å². The van der Waals surface area contributed by atoms with Gasteiger partial charge in [0.2, 0.25) is 0 Å². The number of rotatable bonds is 10. The van der Waals surface area contributed by atoms with Crippen molar-refractivity contribution in [1.29, 1.82) is 0 Å². The summed E-state index contributed by atoms with van der Waals surface area (Å²) < 4.78 is 0. The van der Waals surface area contributed by atoms with E-state index >= 15 is 0 Å². The summed E-state index contributed by atoms with van der Waals surface area (Å²) in [4.78, 5) is 0. The first kappa shape index (κ1) is 15.7. The molecular formula is C14H29NO. The number of allylic oxidation sites excluding steroid dienone is 1. The van der Waals surface area contributed by atoms with Crippen LogP contribution in [0.3, 0.4) is 0 Å². The van der Waals surface area contributed by atoms with Crippen LogP contribution in [0, 0.1) is 0 Å². The Morgan fingerprint density at radius 3 is 2.31 bits per heavy atom. The first-order chi connectivity index (χ1) is 7.68. The van der Waals surface area contributed by atoms with Crippen LogP contribution in [0.15, 0.2) is 12.2 Å². The molecule has 0 aromatic carbocycles. The summed E-state index contributed by atoms with van der Waals surface area (Å²) in [5, 5.41) is 9.45. The van der Waals surface area contributed by atoms with Gasteiger partial charge in [0.25, 0.3) is 0 Å². The molecule has 96 valence electrons. The van der Waals surface area contributed by atoms with Gasteiger partial charge in [-0.25, -0.2) is 0 Å². The van der Waals surface area contributed by atoms with E-state index < -0.39 is 0 Å². The number of unbranched alkanes of at least 4 members (excludes halogenated alkanes) is 6. The highest BCUT2D eigenvalue weighted by Gasteiger charge is 2.05. The molecule has 0 aromatic heterocycles. The molecule has 0 aliphatic carbocycles. The van der Waals surface area contributed by atoms with Crippen LogP contribution in [-0.2, 0) is 0 Å². The highest BCUT2D eigenvalue weighted by molar-refractivity contribution is 4.86. The van der Waals surface area contributed by atoms with E-state index in [1.54, 1.807) is 0 Å². The molecule has 0 amide bonds. The van der Waals surface area contributed by atoms with Crippen molar-refractivity contribution >= 4 is 0 Å². The lowest BCUT2D eigenvalue weighted by Gasteiger charge is -2.11. The first-order valence-electron chi connectivity index (χ1n) is 6.77. The van der Waals surface area contributed by atoms with Gasteiger partial charge >= 0.3 is 0 Å². The van der Waals surface area contributed by atoms with Crippen molar-refractivity contribution in [3.8, 4) is 0 Å². The number of aliphatic hydroxyl groups excluding tert-OH is 1. The summed E-state index contributed by atoms with van der Waals surface area (Å²) in [5.74, 6) is 0. The highest BCUT2D eigenvalue weighted by atomic mass is 16.3. The van der Waals surface area contributed by atoms with Crippen LogP contribution < -0.4 is 5.73 Å². The molecule has 16 heavy (non-hydrogen) atoms. The zero-order chi connectivity index (χ0) is 12.2. The maximum absolute atomic E-state index is 9.45. The lowest BCUT2D eigenvalue weighted by molar-refractivity contribution is 0.154. The Hall–Kier alpha value is -0.340. The van der Waals surface area contributed by atoms with Crippen LogP contribution >= 0.6 is 0 Å². The molecule has 0 aliphatic heterocycles. The predicted molar refractivity (Wildman–Crippen MR) is 71.4 cm³/mol. The van der Waals surface area contributed by atoms with Crippen LogP contribution in [-0.4, -0.2) is 17.3 Å². The van der Waals surface area contributed by atoms with Gasteiger partial charge in [0.15, 0.2) is 0 Å². The topological polar surface area (TPSA) is 46.2 Å². The Labute approximate surface area is 101 Å². The molecule has 0 spiro atoms. The molecule has 0 saturated heterocycles. The fourth-order valence-corrected chi connectivity index (χ4v) is 1.61. The second-order valence-corrected chi connectivity index (χ2v) is 4.69. The smallest absolute Gasteiger partial charge is 0.0722 e. The zero-order valence-electron chi connectivity index (χ0n) is 11.0. The summed E-state index contributed by atoms with van der Waals surface area (Å²) >= 11 is 0. The summed E-state index contributed by atoms with van der Waals surface area (Å²) in [6.45, 7) is 4.08. The van der Waals surface area contributed by atoms with Gasteiger partial charge in [-0.2, -0.15) is 0 Å². The minimum atomic E-state index is -0.388. The van der Waals surface area contributed by atoms with Crippen LogP contribution in [0.25, 0.3) is 0 Å². The Kier molecular flexibility index (Phi) is 10.9. The van der Waals surface area contributed by atoms with Gasteiger partial charge in [0, 0.05) is 6.04 Å². The first-order valence-corrected chi connectivity index (χ1v) is 6.77. The molecule has 2 heteroatoms. The molecule has 0 rings (SSSR count). The molecule has 0 aliphatic rings. The van der Waals surface area contributed by atoms with E-state index in [0.717, 1.165) is 6.42 Å². The van der Waals surface area contributed by atoms with E-state index in [0.29, 0.717) is 6.42 Å². The van der Waals surface area contributed by atoms with Gasteiger partial charge < -0.3 is 10.8 Å². The summed E-state index contributed by atoms with van der Waals surface area (Å²) in [7, 11) is 0. The Morgan fingerprint density at radius 1 is 1.06 bits per heavy atom. The summed E-state index contributed by atoms with van der Waals surface area (Å²) in [6.07, 6.45) is 13.7. The Morgan fingerprint density at radius 2 is 1.69 bits per heavy atom. The normalized spacial score (nSPS) is 15.5. The molecule has 0 fully saturated rings. The zero-order valence-corrected chi connectivity index (χ0v) is 11.0. The van der Waals surface area contributed by atoms with E-state index in [-0.39, 0.29) is 12.1 Å². The lowest BCUT2D eigenvalue weighted by atomic mass is 10.1. The molecule has 0 saturated carbocycles.